The largest absolute Gasteiger partial charge is 0.338 e. The number of hydrogen-bond donors (Lipinski definition) is 2. The summed E-state index contributed by atoms with van der Waals surface area (Å²) in [5.74, 6) is -0.325. The average Bonchev–Trinajstić information content (AvgIpc) is 3.22. The molecule has 0 aliphatic carbocycles. The topological polar surface area (TPSA) is 121 Å². The molecule has 3 heterocycles. The number of piperidine rings is 1. The molecule has 0 atom stereocenters. The maximum absolute atomic E-state index is 13.3. The van der Waals surface area contributed by atoms with E-state index in [0.717, 1.165) is 47.5 Å². The number of H-pyrrole nitrogens is 1. The SMILES string of the molecule is Cc1ccc(NC(=O)CSc2nnc3c(n2)[nH]c2ccccc23)c(S(=O)(=O)N2CCCCC2)c1. The number of aryl methyl sites for hydroxylation is 1. The van der Waals surface area contributed by atoms with Crippen molar-refractivity contribution in [3.63, 3.8) is 0 Å². The molecule has 176 valence electrons. The summed E-state index contributed by atoms with van der Waals surface area (Å²) in [5.41, 5.74) is 3.30. The number of thioether (sulfide) groups is 1. The highest BCUT2D eigenvalue weighted by Crippen LogP contribution is 2.29. The Bertz CT molecular complexity index is 1480. The number of rotatable bonds is 6. The van der Waals surface area contributed by atoms with Gasteiger partial charge in [-0.25, -0.2) is 13.4 Å². The average molecular weight is 497 g/mol. The van der Waals surface area contributed by atoms with Gasteiger partial charge in [-0.15, -0.1) is 10.2 Å². The van der Waals surface area contributed by atoms with Crippen molar-refractivity contribution in [3.05, 3.63) is 48.0 Å². The van der Waals surface area contributed by atoms with Crippen LogP contribution < -0.4 is 5.32 Å². The third-order valence-corrected chi connectivity index (χ3v) is 8.56. The maximum Gasteiger partial charge on any atom is 0.245 e. The molecule has 0 saturated carbocycles. The standard InChI is InChI=1S/C23H24N6O3S2/c1-15-9-10-18(19(13-15)34(31,32)29-11-5-2-6-12-29)24-20(30)14-33-23-26-22-21(27-28-23)16-7-3-4-8-17(16)25-22/h3-4,7-10,13H,2,5-6,11-12,14H2,1H3,(H,24,30)(H,25,26,28). The number of aromatic nitrogens is 4. The Labute approximate surface area is 201 Å². The van der Waals surface area contributed by atoms with Crippen molar-refractivity contribution in [1.29, 1.82) is 0 Å². The van der Waals surface area contributed by atoms with Crippen LogP contribution in [0.2, 0.25) is 0 Å². The number of carbonyl (C=O) groups is 1. The van der Waals surface area contributed by atoms with Crippen LogP contribution in [0.4, 0.5) is 5.69 Å². The van der Waals surface area contributed by atoms with Gasteiger partial charge in [0.2, 0.25) is 21.1 Å². The Morgan fingerprint density at radius 3 is 2.74 bits per heavy atom. The van der Waals surface area contributed by atoms with E-state index in [1.807, 2.05) is 31.2 Å². The van der Waals surface area contributed by atoms with Crippen molar-refractivity contribution in [3.8, 4) is 0 Å². The number of anilines is 1. The van der Waals surface area contributed by atoms with Crippen LogP contribution in [0.25, 0.3) is 22.1 Å². The van der Waals surface area contributed by atoms with E-state index in [-0.39, 0.29) is 22.2 Å². The number of hydrogen-bond acceptors (Lipinski definition) is 7. The van der Waals surface area contributed by atoms with Crippen molar-refractivity contribution in [2.75, 3.05) is 24.2 Å². The fraction of sp³-hybridized carbons (Fsp3) is 0.304. The molecule has 0 bridgehead atoms. The number of benzene rings is 2. The minimum atomic E-state index is -3.69. The monoisotopic (exact) mass is 496 g/mol. The molecule has 0 spiro atoms. The van der Waals surface area contributed by atoms with Crippen molar-refractivity contribution in [2.45, 2.75) is 36.2 Å². The number of para-hydroxylation sites is 1. The number of aromatic amines is 1. The van der Waals surface area contributed by atoms with Gasteiger partial charge in [-0.05, 0) is 43.5 Å². The van der Waals surface area contributed by atoms with E-state index in [9.17, 15) is 13.2 Å². The Balaban J connectivity index is 1.31. The second-order valence-corrected chi connectivity index (χ2v) is 11.1. The van der Waals surface area contributed by atoms with E-state index in [0.29, 0.717) is 29.4 Å². The zero-order valence-corrected chi connectivity index (χ0v) is 20.2. The Hall–Kier alpha value is -3.02. The fourth-order valence-electron chi connectivity index (χ4n) is 4.07. The number of amides is 1. The molecular weight excluding hydrogens is 472 g/mol. The van der Waals surface area contributed by atoms with Gasteiger partial charge in [-0.3, -0.25) is 4.79 Å². The van der Waals surface area contributed by atoms with Gasteiger partial charge in [0.05, 0.1) is 11.4 Å². The zero-order chi connectivity index (χ0) is 23.7. The number of fused-ring (bicyclic) bond motifs is 3. The van der Waals surface area contributed by atoms with Crippen LogP contribution in [0.1, 0.15) is 24.8 Å². The molecule has 0 radical (unpaired) electrons. The first-order valence-electron chi connectivity index (χ1n) is 11.1. The van der Waals surface area contributed by atoms with Crippen molar-refractivity contribution in [2.24, 2.45) is 0 Å². The van der Waals surface area contributed by atoms with Crippen LogP contribution >= 0.6 is 11.8 Å². The lowest BCUT2D eigenvalue weighted by Gasteiger charge is -2.27. The molecule has 11 heteroatoms. The van der Waals surface area contributed by atoms with Crippen molar-refractivity contribution in [1.82, 2.24) is 24.5 Å². The first-order chi connectivity index (χ1) is 16.4. The molecule has 2 aromatic carbocycles. The predicted molar refractivity (Wildman–Crippen MR) is 132 cm³/mol. The number of nitrogens with zero attached hydrogens (tertiary/aromatic N) is 4. The van der Waals surface area contributed by atoms with E-state index < -0.39 is 10.0 Å². The third kappa shape index (κ3) is 4.50. The van der Waals surface area contributed by atoms with Gasteiger partial charge < -0.3 is 10.3 Å². The predicted octanol–water partition coefficient (Wildman–Crippen LogP) is 3.72. The van der Waals surface area contributed by atoms with Crippen LogP contribution in [-0.2, 0) is 14.8 Å². The van der Waals surface area contributed by atoms with E-state index in [1.54, 1.807) is 18.2 Å². The molecule has 1 aliphatic heterocycles. The summed E-state index contributed by atoms with van der Waals surface area (Å²) in [5, 5.41) is 12.5. The summed E-state index contributed by atoms with van der Waals surface area (Å²) >= 11 is 1.14. The van der Waals surface area contributed by atoms with Crippen molar-refractivity contribution >= 4 is 55.4 Å². The zero-order valence-electron chi connectivity index (χ0n) is 18.6. The molecule has 2 aromatic heterocycles. The van der Waals surface area contributed by atoms with Crippen LogP contribution in [0.5, 0.6) is 0 Å². The van der Waals surface area contributed by atoms with E-state index in [4.69, 9.17) is 0 Å². The molecule has 9 nitrogen and oxygen atoms in total. The summed E-state index contributed by atoms with van der Waals surface area (Å²) < 4.78 is 28.0. The third-order valence-electron chi connectivity index (χ3n) is 5.78. The van der Waals surface area contributed by atoms with E-state index in [1.165, 1.54) is 4.31 Å². The number of sulfonamides is 1. The van der Waals surface area contributed by atoms with Gasteiger partial charge >= 0.3 is 0 Å². The van der Waals surface area contributed by atoms with Gasteiger partial charge in [0.1, 0.15) is 10.4 Å². The minimum absolute atomic E-state index is 0.0183. The van der Waals surface area contributed by atoms with Crippen LogP contribution in [0.15, 0.2) is 52.5 Å². The van der Waals surface area contributed by atoms with Gasteiger partial charge in [-0.1, -0.05) is 42.4 Å². The Morgan fingerprint density at radius 2 is 1.91 bits per heavy atom. The molecule has 1 aliphatic rings. The van der Waals surface area contributed by atoms with E-state index in [2.05, 4.69) is 25.5 Å². The summed E-state index contributed by atoms with van der Waals surface area (Å²) in [6, 6.07) is 12.8. The van der Waals surface area contributed by atoms with Gasteiger partial charge in [0, 0.05) is 24.0 Å². The summed E-state index contributed by atoms with van der Waals surface area (Å²) in [6.07, 6.45) is 2.72. The van der Waals surface area contributed by atoms with E-state index >= 15 is 0 Å². The maximum atomic E-state index is 13.3. The summed E-state index contributed by atoms with van der Waals surface area (Å²) in [6.45, 7) is 2.83. The smallest absolute Gasteiger partial charge is 0.245 e. The molecule has 1 amide bonds. The lowest BCUT2D eigenvalue weighted by molar-refractivity contribution is -0.113. The molecular formula is C23H24N6O3S2. The van der Waals surface area contributed by atoms with Crippen molar-refractivity contribution < 1.29 is 13.2 Å². The van der Waals surface area contributed by atoms with Gasteiger partial charge in [0.15, 0.2) is 5.65 Å². The second-order valence-electron chi connectivity index (χ2n) is 8.26. The highest BCUT2D eigenvalue weighted by Gasteiger charge is 2.29. The first kappa shape index (κ1) is 22.8. The first-order valence-corrected chi connectivity index (χ1v) is 13.5. The number of nitrogens with one attached hydrogen (secondary N) is 2. The second kappa shape index (κ2) is 9.32. The molecule has 34 heavy (non-hydrogen) atoms. The van der Waals surface area contributed by atoms with Crippen LogP contribution in [0.3, 0.4) is 0 Å². The Kier molecular flexibility index (Phi) is 6.24. The van der Waals surface area contributed by atoms with Gasteiger partial charge in [-0.2, -0.15) is 4.31 Å². The Morgan fingerprint density at radius 1 is 1.12 bits per heavy atom. The molecule has 1 fully saturated rings. The van der Waals surface area contributed by atoms with Gasteiger partial charge in [0.25, 0.3) is 0 Å². The molecule has 0 unspecified atom stereocenters. The lowest BCUT2D eigenvalue weighted by Crippen LogP contribution is -2.36. The highest BCUT2D eigenvalue weighted by molar-refractivity contribution is 7.99. The van der Waals surface area contributed by atoms with Crippen LogP contribution in [0, 0.1) is 6.92 Å². The molecule has 2 N–H and O–H groups in total. The highest BCUT2D eigenvalue weighted by atomic mass is 32.2. The summed E-state index contributed by atoms with van der Waals surface area (Å²) in [7, 11) is -3.69. The quantitative estimate of drug-likeness (QED) is 0.390. The van der Waals surface area contributed by atoms with Crippen LogP contribution in [-0.4, -0.2) is 57.6 Å². The molecule has 4 aromatic rings. The number of carbonyl (C=O) groups excluding carboxylic acids is 1. The normalized spacial score (nSPS) is 15.1. The summed E-state index contributed by atoms with van der Waals surface area (Å²) in [4.78, 5) is 20.5. The molecule has 5 rings (SSSR count). The lowest BCUT2D eigenvalue weighted by atomic mass is 10.2. The fourth-order valence-corrected chi connectivity index (χ4v) is 6.41. The molecule has 1 saturated heterocycles. The minimum Gasteiger partial charge on any atom is -0.338 e.